The third-order valence-corrected chi connectivity index (χ3v) is 6.05. The summed E-state index contributed by atoms with van der Waals surface area (Å²) in [5.74, 6) is 0.253. The number of thiophene rings is 1. The number of carbonyl (C=O) groups is 1. The second-order valence-corrected chi connectivity index (χ2v) is 8.09. The molecular formula is C20H18ClN3O2S. The van der Waals surface area contributed by atoms with E-state index in [1.807, 2.05) is 12.1 Å². The van der Waals surface area contributed by atoms with Crippen molar-refractivity contribution in [3.8, 4) is 0 Å². The number of anilines is 1. The number of nitrogens with zero attached hydrogens (tertiary/aromatic N) is 1. The smallest absolute Gasteiger partial charge is 0.260 e. The molecule has 0 spiro atoms. The zero-order valence-electron chi connectivity index (χ0n) is 14.8. The maximum atomic E-state index is 12.6. The van der Waals surface area contributed by atoms with E-state index in [0.29, 0.717) is 16.5 Å². The van der Waals surface area contributed by atoms with E-state index in [1.54, 1.807) is 29.5 Å². The van der Waals surface area contributed by atoms with Crippen LogP contribution in [-0.2, 0) is 17.6 Å². The van der Waals surface area contributed by atoms with E-state index in [9.17, 15) is 9.59 Å². The Morgan fingerprint density at radius 3 is 2.74 bits per heavy atom. The summed E-state index contributed by atoms with van der Waals surface area (Å²) in [5, 5.41) is 3.81. The Morgan fingerprint density at radius 2 is 2.00 bits per heavy atom. The molecule has 0 aliphatic heterocycles. The predicted octanol–water partition coefficient (Wildman–Crippen LogP) is 4.56. The van der Waals surface area contributed by atoms with E-state index >= 15 is 0 Å². The number of carbonyl (C=O) groups excluding carboxylic acids is 1. The van der Waals surface area contributed by atoms with E-state index in [0.717, 1.165) is 40.6 Å². The topological polar surface area (TPSA) is 74.8 Å². The molecule has 0 saturated carbocycles. The minimum absolute atomic E-state index is 0.120. The number of H-pyrrole nitrogens is 1. The summed E-state index contributed by atoms with van der Waals surface area (Å²) < 4.78 is 0. The lowest BCUT2D eigenvalue weighted by molar-refractivity contribution is -0.114. The summed E-state index contributed by atoms with van der Waals surface area (Å²) in [6, 6.07) is 7.27. The molecule has 138 valence electrons. The lowest BCUT2D eigenvalue weighted by atomic mass is 9.97. The number of fused-ring (bicyclic) bond motifs is 3. The second-order valence-electron chi connectivity index (χ2n) is 6.60. The average Bonchev–Trinajstić information content (AvgIpc) is 3.01. The molecule has 5 nitrogen and oxygen atoms in total. The van der Waals surface area contributed by atoms with Gasteiger partial charge in [-0.05, 0) is 55.0 Å². The molecule has 7 heteroatoms. The fourth-order valence-electron chi connectivity index (χ4n) is 3.36. The van der Waals surface area contributed by atoms with Gasteiger partial charge in [0.05, 0.1) is 10.4 Å². The van der Waals surface area contributed by atoms with Crippen molar-refractivity contribution in [2.24, 2.45) is 0 Å². The highest BCUT2D eigenvalue weighted by atomic mass is 35.5. The van der Waals surface area contributed by atoms with Crippen molar-refractivity contribution in [2.45, 2.75) is 32.6 Å². The maximum absolute atomic E-state index is 12.6. The fraction of sp³-hybridized carbons (Fsp3) is 0.250. The van der Waals surface area contributed by atoms with Crippen molar-refractivity contribution in [1.82, 2.24) is 9.97 Å². The Kier molecular flexibility index (Phi) is 4.85. The number of halogens is 1. The van der Waals surface area contributed by atoms with Crippen LogP contribution in [0, 0.1) is 0 Å². The van der Waals surface area contributed by atoms with Gasteiger partial charge in [0.15, 0.2) is 5.82 Å². The Labute approximate surface area is 165 Å². The first-order valence-corrected chi connectivity index (χ1v) is 10.0. The molecule has 2 heterocycles. The first-order chi connectivity index (χ1) is 13.0. The highest BCUT2D eigenvalue weighted by Crippen LogP contribution is 2.34. The van der Waals surface area contributed by atoms with Crippen LogP contribution >= 0.6 is 22.9 Å². The van der Waals surface area contributed by atoms with Crippen LogP contribution in [-0.4, -0.2) is 15.9 Å². The van der Waals surface area contributed by atoms with Gasteiger partial charge in [0.25, 0.3) is 5.56 Å². The van der Waals surface area contributed by atoms with Gasteiger partial charge in [-0.25, -0.2) is 4.98 Å². The highest BCUT2D eigenvalue weighted by molar-refractivity contribution is 7.18. The molecular weight excluding hydrogens is 382 g/mol. The van der Waals surface area contributed by atoms with Crippen molar-refractivity contribution >= 4 is 55.9 Å². The molecule has 1 aliphatic rings. The number of amides is 1. The van der Waals surface area contributed by atoms with Crippen LogP contribution in [0.25, 0.3) is 21.3 Å². The van der Waals surface area contributed by atoms with E-state index < -0.39 is 0 Å². The monoisotopic (exact) mass is 399 g/mol. The zero-order chi connectivity index (χ0) is 19.0. The summed E-state index contributed by atoms with van der Waals surface area (Å²) in [6.45, 7) is 1.46. The second kappa shape index (κ2) is 7.29. The number of aromatic amines is 1. The molecule has 0 unspecified atom stereocenters. The number of aromatic nitrogens is 2. The highest BCUT2D eigenvalue weighted by Gasteiger charge is 2.20. The van der Waals surface area contributed by atoms with Crippen LogP contribution in [0.3, 0.4) is 0 Å². The number of hydrogen-bond donors (Lipinski definition) is 2. The quantitative estimate of drug-likeness (QED) is 0.678. The van der Waals surface area contributed by atoms with Crippen LogP contribution in [0.1, 0.15) is 41.6 Å². The molecule has 0 fully saturated rings. The van der Waals surface area contributed by atoms with Gasteiger partial charge in [0.1, 0.15) is 4.83 Å². The van der Waals surface area contributed by atoms with Crippen LogP contribution < -0.4 is 10.9 Å². The fourth-order valence-corrected chi connectivity index (χ4v) is 4.84. The van der Waals surface area contributed by atoms with Crippen molar-refractivity contribution in [1.29, 1.82) is 0 Å². The Bertz CT molecular complexity index is 1110. The number of rotatable bonds is 3. The summed E-state index contributed by atoms with van der Waals surface area (Å²) in [6.07, 6.45) is 6.00. The van der Waals surface area contributed by atoms with Crippen molar-refractivity contribution < 1.29 is 4.79 Å². The third-order valence-electron chi connectivity index (χ3n) is 4.58. The molecule has 0 radical (unpaired) electrons. The minimum atomic E-state index is -0.123. The molecule has 27 heavy (non-hydrogen) atoms. The summed E-state index contributed by atoms with van der Waals surface area (Å²) in [5.41, 5.74) is 2.60. The number of benzene rings is 1. The number of nitrogens with one attached hydrogen (secondary N) is 2. The van der Waals surface area contributed by atoms with E-state index in [2.05, 4.69) is 15.3 Å². The number of hydrogen-bond acceptors (Lipinski definition) is 4. The number of aryl methyl sites for hydroxylation is 2. The molecule has 2 aromatic heterocycles. The molecule has 3 aromatic rings. The largest absolute Gasteiger partial charge is 0.326 e. The van der Waals surface area contributed by atoms with Gasteiger partial charge in [-0.2, -0.15) is 0 Å². The molecule has 4 rings (SSSR count). The first kappa shape index (κ1) is 17.9. The minimum Gasteiger partial charge on any atom is -0.326 e. The Balaban J connectivity index is 1.68. The first-order valence-electron chi connectivity index (χ1n) is 8.81. The lowest BCUT2D eigenvalue weighted by Gasteiger charge is -2.09. The van der Waals surface area contributed by atoms with Crippen molar-refractivity contribution in [2.75, 3.05) is 5.32 Å². The Hall–Kier alpha value is -2.44. The lowest BCUT2D eigenvalue weighted by Crippen LogP contribution is -2.12. The molecule has 0 bridgehead atoms. The van der Waals surface area contributed by atoms with Gasteiger partial charge in [0.2, 0.25) is 5.91 Å². The van der Waals surface area contributed by atoms with Gasteiger partial charge in [0, 0.05) is 17.5 Å². The molecule has 1 aliphatic carbocycles. The third kappa shape index (κ3) is 3.68. The van der Waals surface area contributed by atoms with Crippen LogP contribution in [0.4, 0.5) is 5.69 Å². The SMILES string of the molecule is CC(=O)Nc1ccc(/C=C(\Cl)c2nc3sc4c(c3c(=O)[nH]2)CCCC4)cc1. The van der Waals surface area contributed by atoms with Crippen molar-refractivity contribution in [3.63, 3.8) is 0 Å². The van der Waals surface area contributed by atoms with Gasteiger partial charge in [-0.15, -0.1) is 11.3 Å². The molecule has 0 saturated heterocycles. The van der Waals surface area contributed by atoms with E-state index in [4.69, 9.17) is 11.6 Å². The van der Waals surface area contributed by atoms with Crippen LogP contribution in [0.15, 0.2) is 29.1 Å². The molecule has 2 N–H and O–H groups in total. The standard InChI is InChI=1S/C20H18ClN3O2S/c1-11(25)22-13-8-6-12(7-9-13)10-15(21)18-23-19(26)17-14-4-2-3-5-16(14)27-20(17)24-18/h6-10H,2-5H2,1H3,(H,22,25)(H,23,24,26)/b15-10-. The van der Waals surface area contributed by atoms with E-state index in [-0.39, 0.29) is 11.5 Å². The Morgan fingerprint density at radius 1 is 1.26 bits per heavy atom. The van der Waals surface area contributed by atoms with Crippen LogP contribution in [0.2, 0.25) is 0 Å². The van der Waals surface area contributed by atoms with Gasteiger partial charge in [-0.1, -0.05) is 23.7 Å². The summed E-state index contributed by atoms with van der Waals surface area (Å²) in [4.78, 5) is 33.2. The predicted molar refractivity (Wildman–Crippen MR) is 111 cm³/mol. The normalized spacial score (nSPS) is 14.2. The maximum Gasteiger partial charge on any atom is 0.260 e. The zero-order valence-corrected chi connectivity index (χ0v) is 16.3. The van der Waals surface area contributed by atoms with Gasteiger partial charge >= 0.3 is 0 Å². The van der Waals surface area contributed by atoms with Crippen LogP contribution in [0.5, 0.6) is 0 Å². The molecule has 1 amide bonds. The molecule has 1 aromatic carbocycles. The van der Waals surface area contributed by atoms with Gasteiger partial charge < -0.3 is 10.3 Å². The summed E-state index contributed by atoms with van der Waals surface area (Å²) >= 11 is 8.03. The van der Waals surface area contributed by atoms with Crippen molar-refractivity contribution in [3.05, 3.63) is 56.4 Å². The molecule has 0 atom stereocenters. The van der Waals surface area contributed by atoms with E-state index in [1.165, 1.54) is 18.2 Å². The average molecular weight is 400 g/mol. The van der Waals surface area contributed by atoms with Gasteiger partial charge in [-0.3, -0.25) is 9.59 Å². The summed E-state index contributed by atoms with van der Waals surface area (Å²) in [7, 11) is 0.